The van der Waals surface area contributed by atoms with Crippen molar-refractivity contribution in [2.24, 2.45) is 0 Å². The monoisotopic (exact) mass is 866 g/mol. The summed E-state index contributed by atoms with van der Waals surface area (Å²) < 4.78 is 0. The van der Waals surface area contributed by atoms with Crippen molar-refractivity contribution in [1.82, 2.24) is 0 Å². The molecule has 0 spiro atoms. The molecule has 2 aliphatic rings. The predicted molar refractivity (Wildman–Crippen MR) is 282 cm³/mol. The van der Waals surface area contributed by atoms with E-state index < -0.39 is 5.54 Å². The first-order valence-corrected chi connectivity index (χ1v) is 24.1. The minimum absolute atomic E-state index is 0.0963. The summed E-state index contributed by atoms with van der Waals surface area (Å²) in [5.74, 6) is 0.605. The average molecular weight is 867 g/mol. The van der Waals surface area contributed by atoms with Gasteiger partial charge in [0.1, 0.15) is 5.54 Å². The van der Waals surface area contributed by atoms with Gasteiger partial charge in [-0.25, -0.2) is 0 Å². The molecule has 0 bridgehead atoms. The SMILES string of the molecule is CC(C)c1cccc(C(C)C)c1N1C(c2ccc(N(c3ccc(-c4ccccc4)cc3)c3ccc4c(c3)C(C)(C)c3ccccc3-4)cc2)c2ccccc2C1(c1ccccc1)c1ccccc1. The lowest BCUT2D eigenvalue weighted by Crippen LogP contribution is -2.46. The van der Waals surface area contributed by atoms with E-state index in [0.717, 1.165) is 17.1 Å². The van der Waals surface area contributed by atoms with Crippen molar-refractivity contribution in [2.45, 2.75) is 70.4 Å². The third-order valence-corrected chi connectivity index (χ3v) is 14.8. The number of hydrogen-bond donors (Lipinski definition) is 0. The molecule has 0 saturated heterocycles. The van der Waals surface area contributed by atoms with Crippen molar-refractivity contribution in [3.05, 3.63) is 275 Å². The van der Waals surface area contributed by atoms with Gasteiger partial charge in [0.15, 0.2) is 0 Å². The second-order valence-corrected chi connectivity index (χ2v) is 19.6. The number of nitrogens with zero attached hydrogens (tertiary/aromatic N) is 2. The molecule has 0 saturated carbocycles. The second kappa shape index (κ2) is 16.8. The molecule has 9 aromatic rings. The van der Waals surface area contributed by atoms with Crippen LogP contribution in [0.2, 0.25) is 0 Å². The summed E-state index contributed by atoms with van der Waals surface area (Å²) in [7, 11) is 0. The molecule has 0 N–H and O–H groups in total. The van der Waals surface area contributed by atoms with E-state index in [2.05, 4.69) is 276 Å². The van der Waals surface area contributed by atoms with Crippen LogP contribution < -0.4 is 9.80 Å². The Morgan fingerprint density at radius 3 is 1.49 bits per heavy atom. The summed E-state index contributed by atoms with van der Waals surface area (Å²) in [5.41, 5.74) is 20.9. The highest BCUT2D eigenvalue weighted by Crippen LogP contribution is 2.60. The number of fused-ring (bicyclic) bond motifs is 4. The molecule has 1 heterocycles. The Morgan fingerprint density at radius 1 is 0.418 bits per heavy atom. The van der Waals surface area contributed by atoms with E-state index >= 15 is 0 Å². The van der Waals surface area contributed by atoms with Gasteiger partial charge in [0.25, 0.3) is 0 Å². The van der Waals surface area contributed by atoms with Gasteiger partial charge in [-0.2, -0.15) is 0 Å². The van der Waals surface area contributed by atoms with Crippen LogP contribution in [0.25, 0.3) is 22.3 Å². The van der Waals surface area contributed by atoms with E-state index in [1.165, 1.54) is 78.0 Å². The zero-order valence-corrected chi connectivity index (χ0v) is 39.5. The molecule has 0 radical (unpaired) electrons. The van der Waals surface area contributed by atoms with Gasteiger partial charge in [-0.1, -0.05) is 230 Å². The van der Waals surface area contributed by atoms with E-state index in [0.29, 0.717) is 11.8 Å². The Morgan fingerprint density at radius 2 is 0.896 bits per heavy atom. The number of benzene rings is 9. The largest absolute Gasteiger partial charge is 0.342 e. The van der Waals surface area contributed by atoms with Crippen LogP contribution in [0, 0.1) is 0 Å². The molecule has 1 unspecified atom stereocenters. The van der Waals surface area contributed by atoms with Crippen LogP contribution in [0.5, 0.6) is 0 Å². The van der Waals surface area contributed by atoms with Crippen LogP contribution in [0.1, 0.15) is 109 Å². The summed E-state index contributed by atoms with van der Waals surface area (Å²) >= 11 is 0. The molecular formula is C65H58N2. The fraction of sp³-hybridized carbons (Fsp3) is 0.169. The van der Waals surface area contributed by atoms with E-state index in [1.54, 1.807) is 0 Å². The van der Waals surface area contributed by atoms with Gasteiger partial charge in [0.2, 0.25) is 0 Å². The van der Waals surface area contributed by atoms with Crippen LogP contribution in [-0.4, -0.2) is 0 Å². The molecule has 67 heavy (non-hydrogen) atoms. The molecule has 2 heteroatoms. The van der Waals surface area contributed by atoms with Crippen LogP contribution in [0.15, 0.2) is 224 Å². The normalized spacial score (nSPS) is 15.3. The summed E-state index contributed by atoms with van der Waals surface area (Å²) in [4.78, 5) is 5.27. The van der Waals surface area contributed by atoms with Crippen molar-refractivity contribution in [1.29, 1.82) is 0 Å². The van der Waals surface area contributed by atoms with Gasteiger partial charge in [-0.05, 0) is 121 Å². The van der Waals surface area contributed by atoms with E-state index in [9.17, 15) is 0 Å². The zero-order chi connectivity index (χ0) is 45.9. The minimum Gasteiger partial charge on any atom is -0.342 e. The zero-order valence-electron chi connectivity index (χ0n) is 39.5. The molecule has 11 rings (SSSR count). The fourth-order valence-electron chi connectivity index (χ4n) is 11.6. The van der Waals surface area contributed by atoms with Gasteiger partial charge >= 0.3 is 0 Å². The first kappa shape index (κ1) is 42.2. The Kier molecular flexibility index (Phi) is 10.6. The minimum atomic E-state index is -0.627. The lowest BCUT2D eigenvalue weighted by atomic mass is 9.76. The first-order valence-electron chi connectivity index (χ1n) is 24.1. The number of anilines is 4. The van der Waals surface area contributed by atoms with Crippen LogP contribution in [0.4, 0.5) is 22.7 Å². The Hall–Kier alpha value is -7.42. The van der Waals surface area contributed by atoms with Crippen molar-refractivity contribution in [3.8, 4) is 22.3 Å². The highest BCUT2D eigenvalue weighted by Gasteiger charge is 2.54. The van der Waals surface area contributed by atoms with E-state index in [1.807, 2.05) is 0 Å². The van der Waals surface area contributed by atoms with Crippen molar-refractivity contribution in [3.63, 3.8) is 0 Å². The maximum absolute atomic E-state index is 2.82. The quantitative estimate of drug-likeness (QED) is 0.135. The molecule has 1 atom stereocenters. The van der Waals surface area contributed by atoms with Gasteiger partial charge in [-0.15, -0.1) is 0 Å². The summed E-state index contributed by atoms with van der Waals surface area (Å²) in [6, 6.07) is 83.9. The van der Waals surface area contributed by atoms with Crippen LogP contribution >= 0.6 is 0 Å². The van der Waals surface area contributed by atoms with Crippen molar-refractivity contribution in [2.75, 3.05) is 9.80 Å². The standard InChI is InChI=1S/C65H58N2/c1-44(2)54-29-20-30-55(45(3)4)63(54)67-62(58-28-17-19-32-60(58)65(67,49-23-12-8-13-24-49)50-25-14-9-15-26-50)48-35-39-52(40-36-48)66(51-37-33-47(34-38-51)46-21-10-7-11-22-46)53-41-42-57-56-27-16-18-31-59(56)64(5,6)61(57)43-53/h7-45,62H,1-6H3. The Labute approximate surface area is 397 Å². The number of hydrogen-bond acceptors (Lipinski definition) is 2. The molecule has 9 aromatic carbocycles. The molecule has 0 amide bonds. The molecular weight excluding hydrogens is 809 g/mol. The lowest BCUT2D eigenvalue weighted by molar-refractivity contribution is 0.563. The first-order chi connectivity index (χ1) is 32.7. The third-order valence-electron chi connectivity index (χ3n) is 14.8. The molecule has 2 nitrogen and oxygen atoms in total. The van der Waals surface area contributed by atoms with Crippen LogP contribution in [-0.2, 0) is 11.0 Å². The average Bonchev–Trinajstić information content (AvgIpc) is 3.80. The molecule has 1 aliphatic heterocycles. The van der Waals surface area contributed by atoms with Crippen molar-refractivity contribution >= 4 is 22.7 Å². The maximum Gasteiger partial charge on any atom is 0.117 e. The molecule has 1 aliphatic carbocycles. The maximum atomic E-state index is 2.82. The fourth-order valence-corrected chi connectivity index (χ4v) is 11.6. The van der Waals surface area contributed by atoms with Crippen molar-refractivity contribution < 1.29 is 0 Å². The van der Waals surface area contributed by atoms with E-state index in [-0.39, 0.29) is 11.5 Å². The summed E-state index contributed by atoms with van der Waals surface area (Å²) in [6.07, 6.45) is 0. The highest BCUT2D eigenvalue weighted by molar-refractivity contribution is 5.86. The van der Waals surface area contributed by atoms with Gasteiger partial charge in [0, 0.05) is 28.2 Å². The molecule has 0 aromatic heterocycles. The number of rotatable bonds is 10. The highest BCUT2D eigenvalue weighted by atomic mass is 15.3. The summed E-state index contributed by atoms with van der Waals surface area (Å²) in [6.45, 7) is 14.1. The van der Waals surface area contributed by atoms with Gasteiger partial charge < -0.3 is 9.80 Å². The Balaban J connectivity index is 1.12. The van der Waals surface area contributed by atoms with E-state index in [4.69, 9.17) is 0 Å². The lowest BCUT2D eigenvalue weighted by Gasteiger charge is -2.47. The molecule has 328 valence electrons. The second-order valence-electron chi connectivity index (χ2n) is 19.6. The smallest absolute Gasteiger partial charge is 0.117 e. The van der Waals surface area contributed by atoms with Crippen LogP contribution in [0.3, 0.4) is 0 Å². The number of para-hydroxylation sites is 1. The molecule has 0 fully saturated rings. The van der Waals surface area contributed by atoms with Gasteiger partial charge in [0.05, 0.1) is 6.04 Å². The topological polar surface area (TPSA) is 6.48 Å². The summed E-state index contributed by atoms with van der Waals surface area (Å²) in [5, 5.41) is 0. The predicted octanol–water partition coefficient (Wildman–Crippen LogP) is 17.3. The third kappa shape index (κ3) is 6.84. The van der Waals surface area contributed by atoms with Gasteiger partial charge in [-0.3, -0.25) is 0 Å². The Bertz CT molecular complexity index is 3140.